The zero-order chi connectivity index (χ0) is 15.9. The Bertz CT molecular complexity index is 439. The Morgan fingerprint density at radius 2 is 1.50 bits per heavy atom. The highest BCUT2D eigenvalue weighted by Crippen LogP contribution is 2.38. The molecule has 0 bridgehead atoms. The molecule has 0 aliphatic heterocycles. The summed E-state index contributed by atoms with van der Waals surface area (Å²) in [6, 6.07) is 3.03. The summed E-state index contributed by atoms with van der Waals surface area (Å²) in [5, 5.41) is 0. The molecule has 0 unspecified atom stereocenters. The summed E-state index contributed by atoms with van der Waals surface area (Å²) in [7, 11) is 0. The highest BCUT2D eigenvalue weighted by Gasteiger charge is 2.23. The van der Waals surface area contributed by atoms with Gasteiger partial charge < -0.3 is 0 Å². The molecule has 1 fully saturated rings. The highest BCUT2D eigenvalue weighted by atomic mass is 19.1. The number of hydrogen-bond donors (Lipinski definition) is 0. The fourth-order valence-electron chi connectivity index (χ4n) is 3.57. The van der Waals surface area contributed by atoms with Gasteiger partial charge in [-0.3, -0.25) is 4.39 Å². The molecule has 1 aliphatic rings. The third-order valence-corrected chi connectivity index (χ3v) is 5.12. The fraction of sp³-hybridized carbons (Fsp3) is 0.684. The molecule has 2 rings (SSSR count). The monoisotopic (exact) mass is 312 g/mol. The van der Waals surface area contributed by atoms with Crippen molar-refractivity contribution in [1.82, 2.24) is 0 Å². The SMILES string of the molecule is Cc1c(F)cc(C2CCC(CCCCCCF)CC2)cc1F. The van der Waals surface area contributed by atoms with E-state index >= 15 is 0 Å². The Balaban J connectivity index is 1.77. The molecule has 0 nitrogen and oxygen atoms in total. The average Bonchev–Trinajstić information content (AvgIpc) is 2.52. The lowest BCUT2D eigenvalue weighted by Crippen LogP contribution is -2.14. The second kappa shape index (κ2) is 8.59. The van der Waals surface area contributed by atoms with Crippen molar-refractivity contribution in [3.63, 3.8) is 0 Å². The molecule has 0 amide bonds. The van der Waals surface area contributed by atoms with Gasteiger partial charge in [-0.2, -0.15) is 0 Å². The van der Waals surface area contributed by atoms with Crippen molar-refractivity contribution < 1.29 is 13.2 Å². The third kappa shape index (κ3) is 4.76. The predicted octanol–water partition coefficient (Wildman–Crippen LogP) is 6.47. The first-order valence-corrected chi connectivity index (χ1v) is 8.63. The Morgan fingerprint density at radius 1 is 0.909 bits per heavy atom. The molecule has 1 saturated carbocycles. The Kier molecular flexibility index (Phi) is 6.78. The van der Waals surface area contributed by atoms with Gasteiger partial charge in [0.2, 0.25) is 0 Å². The molecule has 3 heteroatoms. The minimum atomic E-state index is -0.426. The van der Waals surface area contributed by atoms with Crippen LogP contribution in [0.1, 0.15) is 74.8 Å². The van der Waals surface area contributed by atoms with Gasteiger partial charge in [0.1, 0.15) is 11.6 Å². The smallest absolute Gasteiger partial charge is 0.129 e. The second-order valence-corrected chi connectivity index (χ2v) is 6.72. The summed E-state index contributed by atoms with van der Waals surface area (Å²) >= 11 is 0. The molecule has 0 N–H and O–H groups in total. The molecule has 1 aromatic rings. The van der Waals surface area contributed by atoms with E-state index in [4.69, 9.17) is 0 Å². The summed E-state index contributed by atoms with van der Waals surface area (Å²) in [6.07, 6.45) is 9.55. The molecule has 0 spiro atoms. The van der Waals surface area contributed by atoms with Crippen molar-refractivity contribution in [3.8, 4) is 0 Å². The molecule has 0 saturated heterocycles. The van der Waals surface area contributed by atoms with Gasteiger partial charge in [-0.05, 0) is 68.6 Å². The number of hydrogen-bond acceptors (Lipinski definition) is 0. The van der Waals surface area contributed by atoms with Crippen LogP contribution in [0.5, 0.6) is 0 Å². The van der Waals surface area contributed by atoms with Gasteiger partial charge in [-0.15, -0.1) is 0 Å². The summed E-state index contributed by atoms with van der Waals surface area (Å²) in [5.74, 6) is 0.184. The molecule has 0 aromatic heterocycles. The van der Waals surface area contributed by atoms with E-state index in [2.05, 4.69) is 0 Å². The maximum atomic E-state index is 13.7. The van der Waals surface area contributed by atoms with Crippen LogP contribution in [0, 0.1) is 24.5 Å². The first-order chi connectivity index (χ1) is 10.6. The average molecular weight is 312 g/mol. The van der Waals surface area contributed by atoms with Crippen LogP contribution in [0.15, 0.2) is 12.1 Å². The largest absolute Gasteiger partial charge is 0.251 e. The van der Waals surface area contributed by atoms with Crippen LogP contribution in [-0.2, 0) is 0 Å². The van der Waals surface area contributed by atoms with E-state index in [0.29, 0.717) is 12.3 Å². The van der Waals surface area contributed by atoms with Crippen LogP contribution in [0.2, 0.25) is 0 Å². The van der Waals surface area contributed by atoms with Crippen molar-refractivity contribution in [2.75, 3.05) is 6.67 Å². The van der Waals surface area contributed by atoms with E-state index in [0.717, 1.165) is 50.0 Å². The maximum Gasteiger partial charge on any atom is 0.129 e. The first kappa shape index (κ1) is 17.4. The Hall–Kier alpha value is -0.990. The quantitative estimate of drug-likeness (QED) is 0.506. The van der Waals surface area contributed by atoms with E-state index in [9.17, 15) is 13.2 Å². The standard InChI is InChI=1S/C19H27F3/c1-14-18(21)12-17(13-19(14)22)16-9-7-15(8-10-16)6-4-2-3-5-11-20/h12-13,15-16H,2-11H2,1H3. The van der Waals surface area contributed by atoms with Crippen molar-refractivity contribution >= 4 is 0 Å². The molecule has 0 radical (unpaired) electrons. The summed E-state index contributed by atoms with van der Waals surface area (Å²) in [4.78, 5) is 0. The van der Waals surface area contributed by atoms with Crippen LogP contribution in [0.3, 0.4) is 0 Å². The van der Waals surface area contributed by atoms with Crippen LogP contribution in [0.4, 0.5) is 13.2 Å². The van der Waals surface area contributed by atoms with E-state index in [1.165, 1.54) is 31.9 Å². The first-order valence-electron chi connectivity index (χ1n) is 8.63. The van der Waals surface area contributed by atoms with E-state index in [-0.39, 0.29) is 12.2 Å². The van der Waals surface area contributed by atoms with Crippen molar-refractivity contribution in [3.05, 3.63) is 34.9 Å². The third-order valence-electron chi connectivity index (χ3n) is 5.12. The van der Waals surface area contributed by atoms with Gasteiger partial charge in [0.25, 0.3) is 0 Å². The van der Waals surface area contributed by atoms with Gasteiger partial charge in [0.05, 0.1) is 6.67 Å². The van der Waals surface area contributed by atoms with Crippen LogP contribution < -0.4 is 0 Å². The van der Waals surface area contributed by atoms with Crippen molar-refractivity contribution in [1.29, 1.82) is 0 Å². The number of benzene rings is 1. The minimum Gasteiger partial charge on any atom is -0.251 e. The van der Waals surface area contributed by atoms with Crippen LogP contribution >= 0.6 is 0 Å². The molecular formula is C19H27F3. The predicted molar refractivity (Wildman–Crippen MR) is 84.9 cm³/mol. The number of alkyl halides is 1. The molecule has 0 heterocycles. The fourth-order valence-corrected chi connectivity index (χ4v) is 3.57. The molecule has 1 aliphatic carbocycles. The number of rotatable bonds is 7. The zero-order valence-electron chi connectivity index (χ0n) is 13.5. The molecule has 0 atom stereocenters. The number of unbranched alkanes of at least 4 members (excludes halogenated alkanes) is 3. The molecule has 1 aromatic carbocycles. The summed E-state index contributed by atoms with van der Waals surface area (Å²) in [5.41, 5.74) is 0.938. The molecule has 22 heavy (non-hydrogen) atoms. The van der Waals surface area contributed by atoms with Gasteiger partial charge in [-0.25, -0.2) is 8.78 Å². The van der Waals surface area contributed by atoms with E-state index < -0.39 is 11.6 Å². The van der Waals surface area contributed by atoms with Gasteiger partial charge in [0, 0.05) is 5.56 Å². The maximum absolute atomic E-state index is 13.7. The topological polar surface area (TPSA) is 0 Å². The lowest BCUT2D eigenvalue weighted by atomic mass is 9.77. The van der Waals surface area contributed by atoms with Gasteiger partial charge in [0.15, 0.2) is 0 Å². The zero-order valence-corrected chi connectivity index (χ0v) is 13.5. The normalized spacial score (nSPS) is 22.0. The van der Waals surface area contributed by atoms with Gasteiger partial charge >= 0.3 is 0 Å². The Morgan fingerprint density at radius 3 is 2.09 bits per heavy atom. The van der Waals surface area contributed by atoms with Crippen LogP contribution in [-0.4, -0.2) is 6.67 Å². The van der Waals surface area contributed by atoms with Crippen molar-refractivity contribution in [2.45, 2.75) is 70.6 Å². The lowest BCUT2D eigenvalue weighted by Gasteiger charge is -2.29. The number of halogens is 3. The highest BCUT2D eigenvalue weighted by molar-refractivity contribution is 5.28. The van der Waals surface area contributed by atoms with Crippen molar-refractivity contribution in [2.24, 2.45) is 5.92 Å². The summed E-state index contributed by atoms with van der Waals surface area (Å²) < 4.78 is 39.4. The Labute approximate surface area is 132 Å². The molecule has 124 valence electrons. The lowest BCUT2D eigenvalue weighted by molar-refractivity contribution is 0.300. The van der Waals surface area contributed by atoms with Crippen LogP contribution in [0.25, 0.3) is 0 Å². The van der Waals surface area contributed by atoms with E-state index in [1.54, 1.807) is 0 Å². The minimum absolute atomic E-state index is 0.116. The molecular weight excluding hydrogens is 285 g/mol. The van der Waals surface area contributed by atoms with E-state index in [1.807, 2.05) is 0 Å². The second-order valence-electron chi connectivity index (χ2n) is 6.72. The van der Waals surface area contributed by atoms with Gasteiger partial charge in [-0.1, -0.05) is 25.7 Å². The summed E-state index contributed by atoms with van der Waals surface area (Å²) in [6.45, 7) is 1.28.